The third-order valence-electron chi connectivity index (χ3n) is 6.28. The fourth-order valence-corrected chi connectivity index (χ4v) is 4.53. The van der Waals surface area contributed by atoms with Crippen molar-refractivity contribution in [2.45, 2.75) is 25.7 Å². The van der Waals surface area contributed by atoms with Gasteiger partial charge in [0.15, 0.2) is 0 Å². The number of piperazine rings is 1. The van der Waals surface area contributed by atoms with Crippen molar-refractivity contribution in [3.63, 3.8) is 0 Å². The zero-order valence-corrected chi connectivity index (χ0v) is 20.4. The smallest absolute Gasteiger partial charge is 0.122 e. The number of aromatic nitrogens is 2. The van der Waals surface area contributed by atoms with Crippen molar-refractivity contribution in [2.75, 3.05) is 48.1 Å². The van der Waals surface area contributed by atoms with Crippen molar-refractivity contribution < 1.29 is 18.9 Å². The first kappa shape index (κ1) is 23.9. The van der Waals surface area contributed by atoms with Crippen LogP contribution in [0.1, 0.15) is 11.1 Å². The highest BCUT2D eigenvalue weighted by Gasteiger charge is 2.28. The van der Waals surface area contributed by atoms with Gasteiger partial charge in [0.05, 0.1) is 34.8 Å². The van der Waals surface area contributed by atoms with Crippen molar-refractivity contribution in [1.29, 1.82) is 0 Å². The van der Waals surface area contributed by atoms with Crippen LogP contribution in [0, 0.1) is 0 Å². The Morgan fingerprint density at radius 1 is 0.765 bits per heavy atom. The van der Waals surface area contributed by atoms with Gasteiger partial charge in [-0.15, -0.1) is 0 Å². The van der Waals surface area contributed by atoms with Crippen LogP contribution < -0.4 is 18.9 Å². The molecule has 0 saturated carbocycles. The summed E-state index contributed by atoms with van der Waals surface area (Å²) in [6, 6.07) is 12.5. The Balaban J connectivity index is 1.51. The first-order chi connectivity index (χ1) is 16.6. The van der Waals surface area contributed by atoms with E-state index < -0.39 is 0 Å². The molecule has 1 aliphatic rings. The summed E-state index contributed by atoms with van der Waals surface area (Å²) in [7, 11) is 6.75. The van der Waals surface area contributed by atoms with Gasteiger partial charge in [0.1, 0.15) is 23.0 Å². The molecule has 0 N–H and O–H groups in total. The lowest BCUT2D eigenvalue weighted by Crippen LogP contribution is -2.53. The molecule has 0 amide bonds. The molecule has 3 aromatic rings. The van der Waals surface area contributed by atoms with E-state index in [1.165, 1.54) is 11.1 Å². The van der Waals surface area contributed by atoms with Gasteiger partial charge in [-0.2, -0.15) is 0 Å². The Hall–Kier alpha value is -3.23. The average molecular weight is 467 g/mol. The van der Waals surface area contributed by atoms with E-state index in [1.54, 1.807) is 28.4 Å². The fraction of sp³-hybridized carbons (Fsp3) is 0.423. The maximum absolute atomic E-state index is 5.48. The lowest BCUT2D eigenvalue weighted by molar-refractivity contribution is 0.0548. The van der Waals surface area contributed by atoms with Crippen LogP contribution in [0.15, 0.2) is 55.1 Å². The summed E-state index contributed by atoms with van der Waals surface area (Å²) in [5.41, 5.74) is 2.36. The Bertz CT molecular complexity index is 1010. The predicted molar refractivity (Wildman–Crippen MR) is 131 cm³/mol. The van der Waals surface area contributed by atoms with E-state index in [-0.39, 0.29) is 0 Å². The Kier molecular flexibility index (Phi) is 7.92. The standard InChI is InChI=1S/C26H34N4O4/c1-31-23-9-20(10-24(13-23)32-2)15-28-7-8-30(22(17-28)18-29-6-5-27-19-29)16-21-11-25(33-3)14-26(12-21)34-4/h5-6,9-14,19,22H,7-8,15-18H2,1-4H3. The molecule has 1 aromatic heterocycles. The van der Waals surface area contributed by atoms with Crippen LogP contribution in [0.2, 0.25) is 0 Å². The minimum atomic E-state index is 0.327. The van der Waals surface area contributed by atoms with Gasteiger partial charge in [0.2, 0.25) is 0 Å². The number of benzene rings is 2. The summed E-state index contributed by atoms with van der Waals surface area (Å²) in [4.78, 5) is 9.27. The molecular weight excluding hydrogens is 432 g/mol. The van der Waals surface area contributed by atoms with Crippen LogP contribution in [-0.2, 0) is 19.6 Å². The van der Waals surface area contributed by atoms with Crippen LogP contribution in [0.4, 0.5) is 0 Å². The highest BCUT2D eigenvalue weighted by molar-refractivity contribution is 5.39. The molecule has 0 radical (unpaired) electrons. The monoisotopic (exact) mass is 466 g/mol. The number of methoxy groups -OCH3 is 4. The van der Waals surface area contributed by atoms with Crippen LogP contribution in [0.25, 0.3) is 0 Å². The predicted octanol–water partition coefficient (Wildman–Crippen LogP) is 3.30. The Morgan fingerprint density at radius 3 is 1.82 bits per heavy atom. The summed E-state index contributed by atoms with van der Waals surface area (Å²) in [6.07, 6.45) is 5.75. The van der Waals surface area contributed by atoms with Gasteiger partial charge in [-0.05, 0) is 35.4 Å². The van der Waals surface area contributed by atoms with Gasteiger partial charge in [0.25, 0.3) is 0 Å². The van der Waals surface area contributed by atoms with E-state index in [0.29, 0.717) is 6.04 Å². The Morgan fingerprint density at radius 2 is 1.32 bits per heavy atom. The molecule has 2 aromatic carbocycles. The van der Waals surface area contributed by atoms with Gasteiger partial charge in [-0.1, -0.05) is 0 Å². The minimum absolute atomic E-state index is 0.327. The number of rotatable bonds is 10. The van der Waals surface area contributed by atoms with E-state index in [4.69, 9.17) is 18.9 Å². The normalized spacial score (nSPS) is 16.9. The van der Waals surface area contributed by atoms with Gasteiger partial charge >= 0.3 is 0 Å². The fourth-order valence-electron chi connectivity index (χ4n) is 4.53. The van der Waals surface area contributed by atoms with Crippen molar-refractivity contribution in [3.8, 4) is 23.0 Å². The summed E-state index contributed by atoms with van der Waals surface area (Å²) >= 11 is 0. The largest absolute Gasteiger partial charge is 0.497 e. The summed E-state index contributed by atoms with van der Waals surface area (Å²) in [5, 5.41) is 0. The molecule has 2 heterocycles. The van der Waals surface area contributed by atoms with Gasteiger partial charge < -0.3 is 23.5 Å². The molecule has 4 rings (SSSR count). The first-order valence-electron chi connectivity index (χ1n) is 11.5. The lowest BCUT2D eigenvalue weighted by atomic mass is 10.1. The zero-order chi connectivity index (χ0) is 23.9. The third-order valence-corrected chi connectivity index (χ3v) is 6.28. The van der Waals surface area contributed by atoms with E-state index in [1.807, 2.05) is 30.9 Å². The number of imidazole rings is 1. The number of ether oxygens (including phenoxy) is 4. The minimum Gasteiger partial charge on any atom is -0.497 e. The maximum Gasteiger partial charge on any atom is 0.122 e. The van der Waals surface area contributed by atoms with Gasteiger partial charge in [-0.25, -0.2) is 4.98 Å². The summed E-state index contributed by atoms with van der Waals surface area (Å²) in [6.45, 7) is 5.42. The molecule has 1 atom stereocenters. The van der Waals surface area contributed by atoms with Crippen molar-refractivity contribution >= 4 is 0 Å². The second kappa shape index (κ2) is 11.3. The number of hydrogen-bond donors (Lipinski definition) is 0. The molecule has 0 aliphatic carbocycles. The molecule has 8 nitrogen and oxygen atoms in total. The topological polar surface area (TPSA) is 61.2 Å². The number of hydrogen-bond acceptors (Lipinski definition) is 7. The van der Waals surface area contributed by atoms with Crippen molar-refractivity contribution in [3.05, 3.63) is 66.2 Å². The van der Waals surface area contributed by atoms with Crippen LogP contribution >= 0.6 is 0 Å². The maximum atomic E-state index is 5.48. The Labute approximate surface area is 201 Å². The lowest BCUT2D eigenvalue weighted by Gasteiger charge is -2.42. The molecule has 0 spiro atoms. The highest BCUT2D eigenvalue weighted by atomic mass is 16.5. The highest BCUT2D eigenvalue weighted by Crippen LogP contribution is 2.27. The third kappa shape index (κ3) is 6.01. The number of nitrogens with zero attached hydrogens (tertiary/aromatic N) is 4. The van der Waals surface area contributed by atoms with Crippen LogP contribution in [-0.4, -0.2) is 73.5 Å². The second-order valence-electron chi connectivity index (χ2n) is 8.56. The first-order valence-corrected chi connectivity index (χ1v) is 11.5. The molecule has 1 fully saturated rings. The summed E-state index contributed by atoms with van der Waals surface area (Å²) < 4.78 is 24.0. The molecule has 1 aliphatic heterocycles. The van der Waals surface area contributed by atoms with Crippen molar-refractivity contribution in [1.82, 2.24) is 19.4 Å². The zero-order valence-electron chi connectivity index (χ0n) is 20.4. The van der Waals surface area contributed by atoms with Gasteiger partial charge in [-0.3, -0.25) is 9.80 Å². The molecule has 1 unspecified atom stereocenters. The molecule has 0 bridgehead atoms. The molecule has 182 valence electrons. The van der Waals surface area contributed by atoms with Crippen LogP contribution in [0.3, 0.4) is 0 Å². The second-order valence-corrected chi connectivity index (χ2v) is 8.56. The SMILES string of the molecule is COc1cc(CN2CCN(Cc3cc(OC)cc(OC)c3)C(Cn3ccnc3)C2)cc(OC)c1. The van der Waals surface area contributed by atoms with E-state index in [0.717, 1.165) is 62.3 Å². The van der Waals surface area contributed by atoms with Gasteiger partial charge in [0, 0.05) is 69.8 Å². The average Bonchev–Trinajstić information content (AvgIpc) is 3.38. The van der Waals surface area contributed by atoms with E-state index in [9.17, 15) is 0 Å². The molecule has 34 heavy (non-hydrogen) atoms. The molecule has 8 heteroatoms. The van der Waals surface area contributed by atoms with E-state index >= 15 is 0 Å². The van der Waals surface area contributed by atoms with Crippen molar-refractivity contribution in [2.24, 2.45) is 0 Å². The van der Waals surface area contributed by atoms with Crippen LogP contribution in [0.5, 0.6) is 23.0 Å². The quantitative estimate of drug-likeness (QED) is 0.454. The molecular formula is C26H34N4O4. The van der Waals surface area contributed by atoms with E-state index in [2.05, 4.69) is 43.6 Å². The summed E-state index contributed by atoms with van der Waals surface area (Å²) in [5.74, 6) is 3.25. The molecule has 1 saturated heterocycles.